The largest absolute Gasteiger partial charge is 0.504 e. The lowest BCUT2D eigenvalue weighted by molar-refractivity contribution is -0.148. The lowest BCUT2D eigenvalue weighted by Gasteiger charge is -2.34. The molecule has 28 nitrogen and oxygen atoms in total. The van der Waals surface area contributed by atoms with Crippen molar-refractivity contribution in [1.29, 1.82) is 0 Å². The van der Waals surface area contributed by atoms with Crippen LogP contribution in [-0.2, 0) is 61.6 Å². The Labute approximate surface area is 483 Å². The average molecular weight is 1200 g/mol. The first kappa shape index (κ1) is 65.8. The number of aromatic hydroxyl groups is 1. The van der Waals surface area contributed by atoms with E-state index in [2.05, 4.69) is 49.8 Å². The van der Waals surface area contributed by atoms with E-state index >= 15 is 0 Å². The number of phenolic OH excluding ortho intramolecular Hbond substituents is 1. The third kappa shape index (κ3) is 17.2. The number of β-amino-alcohol motifs (C(OH)–C–C–N with tert-alkyl or cyclic N) is 1. The Kier molecular flexibility index (Phi) is 22.7. The number of aryl methyl sites for hydroxylation is 2. The number of phenols is 1. The Morgan fingerprint density at radius 2 is 1.35 bits per heavy atom. The summed E-state index contributed by atoms with van der Waals surface area (Å²) in [5.41, 5.74) is 8.69. The molecule has 84 heavy (non-hydrogen) atoms. The summed E-state index contributed by atoms with van der Waals surface area (Å²) >= 11 is 0. The summed E-state index contributed by atoms with van der Waals surface area (Å²) in [4.78, 5) is 114. The molecule has 6 rings (SSSR count). The molecule has 0 bridgehead atoms. The van der Waals surface area contributed by atoms with Crippen molar-refractivity contribution < 1.29 is 96.4 Å². The molecule has 0 saturated carbocycles. The number of carbonyl (C=O) groups is 8. The first-order valence-electron chi connectivity index (χ1n) is 27.4. The number of benzene rings is 3. The molecule has 8 amide bonds. The van der Waals surface area contributed by atoms with Crippen molar-refractivity contribution in [3.63, 3.8) is 0 Å². The summed E-state index contributed by atoms with van der Waals surface area (Å²) in [5, 5.41) is 101. The minimum Gasteiger partial charge on any atom is -0.504 e. The van der Waals surface area contributed by atoms with Crippen LogP contribution in [0.15, 0.2) is 66.7 Å². The Hall–Kier alpha value is -7.35. The van der Waals surface area contributed by atoms with Crippen molar-refractivity contribution in [3.05, 3.63) is 83.4 Å². The standard InChI is InChI=1S/C55H74N8O20S/c1-4-5-6-7-29-8-13-31(14-9-29)32-15-10-30(11-16-32)12-19-42(70)58-36-21-34(65)24-57-53(77)46-47(71)27(2)25-63(46)55(79)44(39(68)23-41(56)69)60-52(76)45(49(73)48(72)33-17-18-38(67)40(20-33)83-84(80,81)82)61-51(75)37-22-35(66)26-62(37)54(78)43(28(3)64)59-50(36)74/h8-11,13-18,20,27-28,34-37,39,43-49,64-68,71-73H,4-7,12,19,21-26H2,1-3H3,(H2,56,69)(H,57,77)(H,58,70)(H,59,74)(H,60,76)(H,61,75)(H,80,81,82)/t27-,28+,34+,35+,36-,37?,39+,43?,44?,45?,46?,47-,48-,49-/m0/s1. The van der Waals surface area contributed by atoms with E-state index in [4.69, 9.17) is 5.73 Å². The van der Waals surface area contributed by atoms with E-state index in [1.165, 1.54) is 12.5 Å². The number of hydrogen-bond donors (Lipinski definition) is 15. The monoisotopic (exact) mass is 1200 g/mol. The molecule has 14 atom stereocenters. The molecule has 0 radical (unpaired) electrons. The lowest BCUT2D eigenvalue weighted by Crippen LogP contribution is -2.64. The van der Waals surface area contributed by atoms with E-state index in [1.54, 1.807) is 0 Å². The van der Waals surface area contributed by atoms with Gasteiger partial charge in [-0.25, -0.2) is 0 Å². The molecule has 5 unspecified atom stereocenters. The van der Waals surface area contributed by atoms with Crippen LogP contribution in [-0.4, -0.2) is 203 Å². The first-order chi connectivity index (χ1) is 39.6. The van der Waals surface area contributed by atoms with Gasteiger partial charge in [0.1, 0.15) is 48.5 Å². The predicted octanol–water partition coefficient (Wildman–Crippen LogP) is -3.39. The highest BCUT2D eigenvalue weighted by Crippen LogP contribution is 2.33. The zero-order chi connectivity index (χ0) is 61.9. The highest BCUT2D eigenvalue weighted by atomic mass is 32.3. The van der Waals surface area contributed by atoms with Crippen molar-refractivity contribution in [2.45, 2.75) is 158 Å². The van der Waals surface area contributed by atoms with E-state index < -0.39 is 199 Å². The van der Waals surface area contributed by atoms with Crippen LogP contribution in [0.4, 0.5) is 0 Å². The van der Waals surface area contributed by atoms with Crippen LogP contribution in [0.1, 0.15) is 88.5 Å². The highest BCUT2D eigenvalue weighted by Gasteiger charge is 2.50. The second kappa shape index (κ2) is 29.0. The Morgan fingerprint density at radius 1 is 0.750 bits per heavy atom. The second-order valence-electron chi connectivity index (χ2n) is 21.5. The number of rotatable bonds is 18. The summed E-state index contributed by atoms with van der Waals surface area (Å²) in [5.74, 6) is -12.7. The number of nitrogens with two attached hydrogens (primary N) is 1. The van der Waals surface area contributed by atoms with Gasteiger partial charge < -0.3 is 87.2 Å². The van der Waals surface area contributed by atoms with Gasteiger partial charge in [0.15, 0.2) is 11.5 Å². The van der Waals surface area contributed by atoms with Gasteiger partial charge in [-0.05, 0) is 66.1 Å². The number of amides is 8. The molecule has 3 heterocycles. The zero-order valence-electron chi connectivity index (χ0n) is 46.3. The number of fused-ring (bicyclic) bond motifs is 2. The molecule has 3 aliphatic rings. The average Bonchev–Trinajstić information content (AvgIpc) is 4.12. The highest BCUT2D eigenvalue weighted by molar-refractivity contribution is 7.81. The van der Waals surface area contributed by atoms with Crippen LogP contribution < -0.4 is 36.5 Å². The fraction of sp³-hybridized carbons (Fsp3) is 0.527. The Morgan fingerprint density at radius 3 is 1.94 bits per heavy atom. The van der Waals surface area contributed by atoms with Crippen molar-refractivity contribution in [1.82, 2.24) is 36.4 Å². The topological polar surface area (TPSA) is 455 Å². The summed E-state index contributed by atoms with van der Waals surface area (Å²) in [6.07, 6.45) is -12.1. The van der Waals surface area contributed by atoms with Gasteiger partial charge in [-0.2, -0.15) is 8.42 Å². The summed E-state index contributed by atoms with van der Waals surface area (Å²) in [6.45, 7) is 2.81. The molecule has 0 aromatic heterocycles. The number of primary amides is 1. The van der Waals surface area contributed by atoms with Gasteiger partial charge in [0.05, 0.1) is 36.9 Å². The maximum atomic E-state index is 14.6. The number of unbranched alkanes of at least 4 members (excludes halogenated alkanes) is 2. The minimum atomic E-state index is -5.33. The molecule has 3 fully saturated rings. The Balaban J connectivity index is 1.33. The van der Waals surface area contributed by atoms with E-state index in [9.17, 15) is 92.2 Å². The van der Waals surface area contributed by atoms with Gasteiger partial charge in [-0.3, -0.25) is 42.9 Å². The van der Waals surface area contributed by atoms with Crippen LogP contribution in [0.5, 0.6) is 11.5 Å². The number of nitrogens with one attached hydrogen (secondary N) is 5. The van der Waals surface area contributed by atoms with Crippen molar-refractivity contribution in [3.8, 4) is 22.6 Å². The number of nitrogens with zero attached hydrogens (tertiary/aromatic N) is 2. The van der Waals surface area contributed by atoms with Crippen LogP contribution in [0.25, 0.3) is 11.1 Å². The van der Waals surface area contributed by atoms with Crippen LogP contribution in [0.3, 0.4) is 0 Å². The molecule has 0 spiro atoms. The molecule has 29 heteroatoms. The fourth-order valence-electron chi connectivity index (χ4n) is 10.3. The molecule has 3 aliphatic heterocycles. The quantitative estimate of drug-likeness (QED) is 0.0436. The maximum Gasteiger partial charge on any atom is 0.446 e. The van der Waals surface area contributed by atoms with Gasteiger partial charge in [-0.1, -0.05) is 81.3 Å². The first-order valence-corrected chi connectivity index (χ1v) is 28.8. The second-order valence-corrected chi connectivity index (χ2v) is 22.5. The maximum absolute atomic E-state index is 14.6. The predicted molar refractivity (Wildman–Crippen MR) is 294 cm³/mol. The Bertz CT molecular complexity index is 2970. The van der Waals surface area contributed by atoms with Gasteiger partial charge in [0, 0.05) is 44.8 Å². The normalized spacial score (nSPS) is 26.5. The molecule has 16 N–H and O–H groups in total. The van der Waals surface area contributed by atoms with Gasteiger partial charge >= 0.3 is 10.4 Å². The minimum absolute atomic E-state index is 0.171. The third-order valence-electron chi connectivity index (χ3n) is 14.9. The van der Waals surface area contributed by atoms with Crippen molar-refractivity contribution >= 4 is 57.7 Å². The van der Waals surface area contributed by atoms with E-state index in [0.29, 0.717) is 11.0 Å². The number of hydrogen-bond acceptors (Lipinski definition) is 19. The third-order valence-corrected chi connectivity index (χ3v) is 15.3. The SMILES string of the molecule is CCCCCc1ccc(-c2ccc(CCC(=O)N[C@H]3C[C@@H](O)CNC(=O)C4[C@@H](O)[C@@H](C)CN4C(=O)C([C@H](O)CC(N)=O)NC(=O)C([C@H](O)[C@@H](O)c4ccc(O)c(OS(=O)(=O)O)c4)NC(=O)C4C[C@@H](O)CN4C(=O)C([C@@H](C)O)NC3=O)cc2)cc1. The molecular formula is C55H74N8O20S. The van der Waals surface area contributed by atoms with Crippen molar-refractivity contribution in [2.75, 3.05) is 19.6 Å². The van der Waals surface area contributed by atoms with E-state index in [-0.39, 0.29) is 12.8 Å². The van der Waals surface area contributed by atoms with E-state index in [1.807, 2.05) is 36.4 Å². The molecule has 3 saturated heterocycles. The van der Waals surface area contributed by atoms with E-state index in [0.717, 1.165) is 66.3 Å². The fourth-order valence-corrected chi connectivity index (χ4v) is 10.7. The number of aliphatic hydroxyl groups excluding tert-OH is 7. The zero-order valence-corrected chi connectivity index (χ0v) is 47.1. The lowest BCUT2D eigenvalue weighted by atomic mass is 9.96. The smallest absolute Gasteiger partial charge is 0.446 e. The van der Waals surface area contributed by atoms with Crippen LogP contribution >= 0.6 is 0 Å². The van der Waals surface area contributed by atoms with Crippen molar-refractivity contribution in [2.24, 2.45) is 11.7 Å². The summed E-state index contributed by atoms with van der Waals surface area (Å²) in [7, 11) is -5.33. The number of carbonyl (C=O) groups excluding carboxylic acids is 8. The number of aliphatic hydroxyl groups is 7. The van der Waals surface area contributed by atoms with Gasteiger partial charge in [-0.15, -0.1) is 0 Å². The van der Waals surface area contributed by atoms with Gasteiger partial charge in [0.25, 0.3) is 0 Å². The molecular weight excluding hydrogens is 1120 g/mol. The molecule has 3 aromatic carbocycles. The summed E-state index contributed by atoms with van der Waals surface area (Å²) in [6, 6.07) is 5.62. The van der Waals surface area contributed by atoms with Crippen LogP contribution in [0.2, 0.25) is 0 Å². The van der Waals surface area contributed by atoms with Crippen LogP contribution in [0, 0.1) is 5.92 Å². The molecule has 460 valence electrons. The summed E-state index contributed by atoms with van der Waals surface area (Å²) < 4.78 is 36.7. The molecule has 3 aromatic rings. The van der Waals surface area contributed by atoms with Gasteiger partial charge in [0.2, 0.25) is 47.3 Å². The molecule has 0 aliphatic carbocycles.